The van der Waals surface area contributed by atoms with E-state index >= 15 is 0 Å². The lowest BCUT2D eigenvalue weighted by Gasteiger charge is -2.24. The van der Waals surface area contributed by atoms with Crippen molar-refractivity contribution in [2.75, 3.05) is 0 Å². The van der Waals surface area contributed by atoms with Crippen LogP contribution in [0.4, 0.5) is 0 Å². The van der Waals surface area contributed by atoms with Gasteiger partial charge in [0, 0.05) is 6.04 Å². The molecule has 0 spiro atoms. The van der Waals surface area contributed by atoms with E-state index in [1.165, 1.54) is 32.1 Å². The van der Waals surface area contributed by atoms with Gasteiger partial charge in [0.2, 0.25) is 0 Å². The van der Waals surface area contributed by atoms with Crippen LogP contribution in [0.15, 0.2) is 22.8 Å². The van der Waals surface area contributed by atoms with Crippen LogP contribution < -0.4 is 10.6 Å². The molecule has 1 aromatic rings. The van der Waals surface area contributed by atoms with Crippen molar-refractivity contribution in [3.05, 3.63) is 24.2 Å². The SMILES string of the molecule is S=C(NCc1ccco1)NC1CCCCC1. The molecule has 88 valence electrons. The second-order valence-electron chi connectivity index (χ2n) is 4.24. The van der Waals surface area contributed by atoms with Crippen molar-refractivity contribution >= 4 is 17.3 Å². The molecule has 0 aromatic carbocycles. The van der Waals surface area contributed by atoms with Crippen LogP contribution in [-0.4, -0.2) is 11.2 Å². The van der Waals surface area contributed by atoms with Crippen LogP contribution in [0.2, 0.25) is 0 Å². The number of hydrogen-bond donors (Lipinski definition) is 2. The molecule has 1 aliphatic rings. The molecule has 2 N–H and O–H groups in total. The lowest BCUT2D eigenvalue weighted by Crippen LogP contribution is -2.42. The van der Waals surface area contributed by atoms with Crippen molar-refractivity contribution in [3.8, 4) is 0 Å². The lowest BCUT2D eigenvalue weighted by atomic mass is 9.96. The number of nitrogens with one attached hydrogen (secondary N) is 2. The molecule has 3 nitrogen and oxygen atoms in total. The van der Waals surface area contributed by atoms with E-state index in [9.17, 15) is 0 Å². The van der Waals surface area contributed by atoms with Crippen LogP contribution >= 0.6 is 12.2 Å². The van der Waals surface area contributed by atoms with E-state index < -0.39 is 0 Å². The highest BCUT2D eigenvalue weighted by Crippen LogP contribution is 2.17. The third kappa shape index (κ3) is 3.52. The number of hydrogen-bond acceptors (Lipinski definition) is 2. The molecule has 1 saturated carbocycles. The van der Waals surface area contributed by atoms with Crippen molar-refractivity contribution in [2.24, 2.45) is 0 Å². The standard InChI is InChI=1S/C12H18N2OS/c16-12(13-9-11-7-4-8-15-11)14-10-5-2-1-3-6-10/h4,7-8,10H,1-3,5-6,9H2,(H2,13,14,16). The first-order chi connectivity index (χ1) is 7.84. The Morgan fingerprint density at radius 2 is 2.19 bits per heavy atom. The van der Waals surface area contributed by atoms with Gasteiger partial charge in [-0.1, -0.05) is 19.3 Å². The zero-order valence-corrected chi connectivity index (χ0v) is 10.2. The summed E-state index contributed by atoms with van der Waals surface area (Å²) < 4.78 is 5.22. The first-order valence-corrected chi connectivity index (χ1v) is 6.32. The fourth-order valence-electron chi connectivity index (χ4n) is 2.06. The van der Waals surface area contributed by atoms with Crippen LogP contribution in [0.3, 0.4) is 0 Å². The van der Waals surface area contributed by atoms with Gasteiger partial charge in [-0.3, -0.25) is 0 Å². The quantitative estimate of drug-likeness (QED) is 0.794. The van der Waals surface area contributed by atoms with Crippen LogP contribution in [0.25, 0.3) is 0 Å². The molecule has 1 heterocycles. The summed E-state index contributed by atoms with van der Waals surface area (Å²) in [5.41, 5.74) is 0. The highest BCUT2D eigenvalue weighted by molar-refractivity contribution is 7.80. The van der Waals surface area contributed by atoms with Crippen molar-refractivity contribution < 1.29 is 4.42 Å². The molecular formula is C12H18N2OS. The molecule has 2 rings (SSSR count). The molecule has 4 heteroatoms. The van der Waals surface area contributed by atoms with Gasteiger partial charge in [0.25, 0.3) is 0 Å². The average Bonchev–Trinajstić information content (AvgIpc) is 2.81. The summed E-state index contributed by atoms with van der Waals surface area (Å²) in [7, 11) is 0. The molecule has 1 aliphatic carbocycles. The Hall–Kier alpha value is -1.03. The zero-order chi connectivity index (χ0) is 11.2. The first kappa shape index (κ1) is 11.5. The van der Waals surface area contributed by atoms with E-state index in [0.29, 0.717) is 12.6 Å². The van der Waals surface area contributed by atoms with E-state index in [0.717, 1.165) is 10.9 Å². The van der Waals surface area contributed by atoms with Crippen LogP contribution in [0.5, 0.6) is 0 Å². The zero-order valence-electron chi connectivity index (χ0n) is 9.37. The van der Waals surface area contributed by atoms with E-state index in [-0.39, 0.29) is 0 Å². The predicted octanol–water partition coefficient (Wildman–Crippen LogP) is 2.58. The molecule has 0 atom stereocenters. The molecule has 0 aliphatic heterocycles. The monoisotopic (exact) mass is 238 g/mol. The van der Waals surface area contributed by atoms with Gasteiger partial charge < -0.3 is 15.1 Å². The first-order valence-electron chi connectivity index (χ1n) is 5.91. The maximum absolute atomic E-state index is 5.24. The maximum Gasteiger partial charge on any atom is 0.166 e. The van der Waals surface area contributed by atoms with Crippen LogP contribution in [-0.2, 0) is 6.54 Å². The van der Waals surface area contributed by atoms with Crippen molar-refractivity contribution in [3.63, 3.8) is 0 Å². The summed E-state index contributed by atoms with van der Waals surface area (Å²) in [6.07, 6.45) is 8.15. The smallest absolute Gasteiger partial charge is 0.166 e. The van der Waals surface area contributed by atoms with Gasteiger partial charge in [-0.2, -0.15) is 0 Å². The molecule has 16 heavy (non-hydrogen) atoms. The van der Waals surface area contributed by atoms with Crippen LogP contribution in [0.1, 0.15) is 37.9 Å². The number of rotatable bonds is 3. The second kappa shape index (κ2) is 5.89. The van der Waals surface area contributed by atoms with Gasteiger partial charge in [0.15, 0.2) is 5.11 Å². The molecule has 0 amide bonds. The Morgan fingerprint density at radius 1 is 1.38 bits per heavy atom. The van der Waals surface area contributed by atoms with Gasteiger partial charge in [-0.15, -0.1) is 0 Å². The van der Waals surface area contributed by atoms with Crippen molar-refractivity contribution in [1.29, 1.82) is 0 Å². The summed E-state index contributed by atoms with van der Waals surface area (Å²) in [6.45, 7) is 0.658. The minimum atomic E-state index is 0.561. The summed E-state index contributed by atoms with van der Waals surface area (Å²) in [6, 6.07) is 4.38. The van der Waals surface area contributed by atoms with Crippen molar-refractivity contribution in [2.45, 2.75) is 44.7 Å². The summed E-state index contributed by atoms with van der Waals surface area (Å²) in [4.78, 5) is 0. The highest BCUT2D eigenvalue weighted by atomic mass is 32.1. The molecule has 0 saturated heterocycles. The third-order valence-corrected chi connectivity index (χ3v) is 3.21. The largest absolute Gasteiger partial charge is 0.467 e. The van der Waals surface area contributed by atoms with E-state index in [1.807, 2.05) is 12.1 Å². The second-order valence-corrected chi connectivity index (χ2v) is 4.65. The molecule has 0 radical (unpaired) electrons. The minimum absolute atomic E-state index is 0.561. The molecule has 0 unspecified atom stereocenters. The Balaban J connectivity index is 1.67. The summed E-state index contributed by atoms with van der Waals surface area (Å²) in [5, 5.41) is 7.26. The summed E-state index contributed by atoms with van der Waals surface area (Å²) >= 11 is 5.24. The fraction of sp³-hybridized carbons (Fsp3) is 0.583. The molecule has 1 fully saturated rings. The van der Waals surface area contributed by atoms with Gasteiger partial charge in [0.1, 0.15) is 5.76 Å². The normalized spacial score (nSPS) is 17.0. The summed E-state index contributed by atoms with van der Waals surface area (Å²) in [5.74, 6) is 0.910. The van der Waals surface area contributed by atoms with E-state index in [2.05, 4.69) is 10.6 Å². The number of thiocarbonyl (C=S) groups is 1. The average molecular weight is 238 g/mol. The Morgan fingerprint density at radius 3 is 2.88 bits per heavy atom. The van der Waals surface area contributed by atoms with E-state index in [1.54, 1.807) is 6.26 Å². The van der Waals surface area contributed by atoms with Gasteiger partial charge in [-0.25, -0.2) is 0 Å². The van der Waals surface area contributed by atoms with E-state index in [4.69, 9.17) is 16.6 Å². The lowest BCUT2D eigenvalue weighted by molar-refractivity contribution is 0.411. The molecule has 0 bridgehead atoms. The fourth-order valence-corrected chi connectivity index (χ4v) is 2.30. The van der Waals surface area contributed by atoms with Gasteiger partial charge in [-0.05, 0) is 37.2 Å². The Kier molecular flexibility index (Phi) is 4.22. The number of furan rings is 1. The topological polar surface area (TPSA) is 37.2 Å². The molecular weight excluding hydrogens is 220 g/mol. The molecule has 1 aromatic heterocycles. The van der Waals surface area contributed by atoms with Gasteiger partial charge in [0.05, 0.1) is 12.8 Å². The third-order valence-electron chi connectivity index (χ3n) is 2.94. The Bertz CT molecular complexity index is 318. The van der Waals surface area contributed by atoms with Gasteiger partial charge >= 0.3 is 0 Å². The maximum atomic E-state index is 5.24. The predicted molar refractivity (Wildman–Crippen MR) is 68.2 cm³/mol. The Labute approximate surface area is 102 Å². The van der Waals surface area contributed by atoms with Crippen molar-refractivity contribution in [1.82, 2.24) is 10.6 Å². The highest BCUT2D eigenvalue weighted by Gasteiger charge is 2.13. The van der Waals surface area contributed by atoms with Crippen LogP contribution in [0, 0.1) is 0 Å². The minimum Gasteiger partial charge on any atom is -0.467 e.